The van der Waals surface area contributed by atoms with E-state index in [1.165, 1.54) is 61.9 Å². The molecule has 0 aromatic heterocycles. The number of piperidine rings is 1. The van der Waals surface area contributed by atoms with Gasteiger partial charge in [-0.3, -0.25) is 0 Å². The summed E-state index contributed by atoms with van der Waals surface area (Å²) in [6.07, 6.45) is 37.5. The minimum atomic E-state index is 0.287. The van der Waals surface area contributed by atoms with Crippen LogP contribution in [0.2, 0.25) is 0 Å². The van der Waals surface area contributed by atoms with E-state index in [1.807, 2.05) is 46.8 Å². The van der Waals surface area contributed by atoms with Crippen molar-refractivity contribution in [3.63, 3.8) is 0 Å². The van der Waals surface area contributed by atoms with Gasteiger partial charge in [-0.05, 0) is 124 Å². The molecule has 4 rings (SSSR count). The van der Waals surface area contributed by atoms with E-state index >= 15 is 0 Å². The van der Waals surface area contributed by atoms with Crippen LogP contribution in [0.25, 0.3) is 0 Å². The SMILES string of the molecule is C=C/C(=C\C(O)=C/C)C(=CC(CCC)C1C=CC=CCC1)C1=CCC=CC(C2CCN(C3CC3)CC2)=C1.CC.CC. The van der Waals surface area contributed by atoms with E-state index in [0.717, 1.165) is 37.3 Å². The van der Waals surface area contributed by atoms with Gasteiger partial charge in [-0.1, -0.05) is 108 Å². The minimum absolute atomic E-state index is 0.287. The van der Waals surface area contributed by atoms with Gasteiger partial charge in [-0.25, -0.2) is 0 Å². The Bertz CT molecular complexity index is 1030. The Morgan fingerprint density at radius 2 is 1.78 bits per heavy atom. The van der Waals surface area contributed by atoms with Crippen molar-refractivity contribution in [3.8, 4) is 0 Å². The van der Waals surface area contributed by atoms with Gasteiger partial charge in [0.25, 0.3) is 0 Å². The smallest absolute Gasteiger partial charge is 0.111 e. The van der Waals surface area contributed by atoms with E-state index in [2.05, 4.69) is 73.1 Å². The van der Waals surface area contributed by atoms with Crippen molar-refractivity contribution in [1.82, 2.24) is 4.90 Å². The zero-order chi connectivity index (χ0) is 30.0. The van der Waals surface area contributed by atoms with E-state index in [9.17, 15) is 5.11 Å². The van der Waals surface area contributed by atoms with E-state index in [4.69, 9.17) is 0 Å². The molecular weight excluding hydrogens is 498 g/mol. The maximum absolute atomic E-state index is 10.5. The molecule has 0 bridgehead atoms. The van der Waals surface area contributed by atoms with Gasteiger partial charge in [0.15, 0.2) is 0 Å². The third-order valence-electron chi connectivity index (χ3n) is 8.44. The molecule has 226 valence electrons. The fourth-order valence-corrected chi connectivity index (χ4v) is 6.11. The van der Waals surface area contributed by atoms with Gasteiger partial charge in [0.1, 0.15) is 5.76 Å². The summed E-state index contributed by atoms with van der Waals surface area (Å²) in [5, 5.41) is 10.5. The van der Waals surface area contributed by atoms with Crippen molar-refractivity contribution in [2.45, 2.75) is 105 Å². The number of likely N-dealkylation sites (tertiary alicyclic amines) is 1. The number of nitrogens with zero attached hydrogens (tertiary/aromatic N) is 1. The van der Waals surface area contributed by atoms with Crippen LogP contribution in [-0.4, -0.2) is 29.1 Å². The maximum atomic E-state index is 10.5. The molecule has 0 aromatic rings. The Kier molecular flexibility index (Phi) is 16.5. The Morgan fingerprint density at radius 1 is 1.05 bits per heavy atom. The van der Waals surface area contributed by atoms with E-state index < -0.39 is 0 Å². The number of allylic oxidation sites excluding steroid dienone is 16. The summed E-state index contributed by atoms with van der Waals surface area (Å²) in [5.41, 5.74) is 4.95. The highest BCUT2D eigenvalue weighted by molar-refractivity contribution is 5.59. The Balaban J connectivity index is 0.00000141. The molecule has 0 radical (unpaired) electrons. The lowest BCUT2D eigenvalue weighted by Gasteiger charge is -2.32. The number of hydrogen-bond acceptors (Lipinski definition) is 2. The van der Waals surface area contributed by atoms with E-state index in [1.54, 1.807) is 6.08 Å². The lowest BCUT2D eigenvalue weighted by Crippen LogP contribution is -2.35. The number of hydrogen-bond donors (Lipinski definition) is 1. The molecule has 2 nitrogen and oxygen atoms in total. The number of aliphatic hydroxyl groups excluding tert-OH is 1. The second-order valence-corrected chi connectivity index (χ2v) is 11.1. The van der Waals surface area contributed by atoms with Crippen LogP contribution >= 0.6 is 0 Å². The van der Waals surface area contributed by atoms with Gasteiger partial charge >= 0.3 is 0 Å². The molecule has 0 aromatic carbocycles. The van der Waals surface area contributed by atoms with E-state index in [0.29, 0.717) is 17.8 Å². The predicted molar refractivity (Wildman–Crippen MR) is 182 cm³/mol. The molecule has 1 heterocycles. The topological polar surface area (TPSA) is 23.5 Å². The van der Waals surface area contributed by atoms with Crippen LogP contribution in [0.15, 0.2) is 108 Å². The van der Waals surface area contributed by atoms with Crippen LogP contribution in [-0.2, 0) is 0 Å². The van der Waals surface area contributed by atoms with Crippen molar-refractivity contribution >= 4 is 0 Å². The highest BCUT2D eigenvalue weighted by atomic mass is 16.3. The summed E-state index contributed by atoms with van der Waals surface area (Å²) in [5.74, 6) is 1.88. The van der Waals surface area contributed by atoms with Crippen LogP contribution < -0.4 is 0 Å². The molecule has 0 spiro atoms. The van der Waals surface area contributed by atoms with Crippen molar-refractivity contribution in [1.29, 1.82) is 0 Å². The van der Waals surface area contributed by atoms with Gasteiger partial charge in [0.2, 0.25) is 0 Å². The van der Waals surface area contributed by atoms with Gasteiger partial charge in [-0.2, -0.15) is 0 Å². The molecule has 41 heavy (non-hydrogen) atoms. The molecule has 1 N–H and O–H groups in total. The largest absolute Gasteiger partial charge is 0.508 e. The molecule has 1 aliphatic heterocycles. The average molecular weight is 558 g/mol. The fourth-order valence-electron chi connectivity index (χ4n) is 6.11. The zero-order valence-electron chi connectivity index (χ0n) is 27.1. The summed E-state index contributed by atoms with van der Waals surface area (Å²) >= 11 is 0. The van der Waals surface area contributed by atoms with Gasteiger partial charge in [-0.15, -0.1) is 0 Å². The van der Waals surface area contributed by atoms with Gasteiger partial charge in [0.05, 0.1) is 0 Å². The summed E-state index contributed by atoms with van der Waals surface area (Å²) in [7, 11) is 0. The molecule has 2 heteroatoms. The first kappa shape index (κ1) is 34.6. The van der Waals surface area contributed by atoms with Crippen LogP contribution in [0.3, 0.4) is 0 Å². The third-order valence-corrected chi connectivity index (χ3v) is 8.44. The lowest BCUT2D eigenvalue weighted by atomic mass is 9.81. The summed E-state index contributed by atoms with van der Waals surface area (Å²) in [6.45, 7) is 18.8. The standard InChI is InChI=1S/C35H47NO.2C2H6/c1-4-13-30(28-14-9-7-8-10-15-28)26-35(27(5-2)25-34(37)6-3)32-17-12-11-16-31(24-32)29-20-22-36(23-21-29)33-18-19-33;2*1-2/h5-9,11,14,16-17,24-26,28-30,33,37H,2,4,10,12-13,15,18-23H2,1,3H3;2*1-2H3/b27-25+,34-6+,35-26?;;. The summed E-state index contributed by atoms with van der Waals surface area (Å²) in [6, 6.07) is 0.868. The Hall–Kier alpha value is -2.58. The van der Waals surface area contributed by atoms with Gasteiger partial charge < -0.3 is 10.0 Å². The molecule has 0 amide bonds. The lowest BCUT2D eigenvalue weighted by molar-refractivity contribution is 0.191. The molecule has 1 saturated heterocycles. The second-order valence-electron chi connectivity index (χ2n) is 11.1. The summed E-state index contributed by atoms with van der Waals surface area (Å²) < 4.78 is 0. The predicted octanol–water partition coefficient (Wildman–Crippen LogP) is 11.2. The highest BCUT2D eigenvalue weighted by Crippen LogP contribution is 2.37. The quantitative estimate of drug-likeness (QED) is 0.213. The number of aliphatic hydroxyl groups is 1. The molecule has 1 saturated carbocycles. The highest BCUT2D eigenvalue weighted by Gasteiger charge is 2.32. The normalized spacial score (nSPS) is 23.2. The number of rotatable bonds is 10. The van der Waals surface area contributed by atoms with Crippen molar-refractivity contribution in [3.05, 3.63) is 108 Å². The maximum Gasteiger partial charge on any atom is 0.111 e. The monoisotopic (exact) mass is 557 g/mol. The molecule has 2 atom stereocenters. The van der Waals surface area contributed by atoms with Crippen molar-refractivity contribution in [2.24, 2.45) is 17.8 Å². The van der Waals surface area contributed by atoms with Gasteiger partial charge in [0, 0.05) is 6.04 Å². The second kappa shape index (κ2) is 19.5. The summed E-state index contributed by atoms with van der Waals surface area (Å²) in [4.78, 5) is 2.71. The zero-order valence-corrected chi connectivity index (χ0v) is 27.1. The average Bonchev–Trinajstić information content (AvgIpc) is 3.89. The molecule has 4 aliphatic rings. The fraction of sp³-hybridized carbons (Fsp3) is 0.538. The third kappa shape index (κ3) is 11.0. The first-order valence-corrected chi connectivity index (χ1v) is 16.7. The van der Waals surface area contributed by atoms with Crippen LogP contribution in [0.4, 0.5) is 0 Å². The van der Waals surface area contributed by atoms with Crippen LogP contribution in [0.5, 0.6) is 0 Å². The molecular formula is C39H59NO. The van der Waals surface area contributed by atoms with Crippen molar-refractivity contribution < 1.29 is 5.11 Å². The Morgan fingerprint density at radius 3 is 2.41 bits per heavy atom. The van der Waals surface area contributed by atoms with Crippen LogP contribution in [0, 0.1) is 17.8 Å². The minimum Gasteiger partial charge on any atom is -0.508 e. The molecule has 3 aliphatic carbocycles. The van der Waals surface area contributed by atoms with Crippen LogP contribution in [0.1, 0.15) is 99.3 Å². The van der Waals surface area contributed by atoms with E-state index in [-0.39, 0.29) is 5.76 Å². The van der Waals surface area contributed by atoms with Crippen molar-refractivity contribution in [2.75, 3.05) is 13.1 Å². The first-order chi connectivity index (χ1) is 20.1. The molecule has 2 fully saturated rings. The first-order valence-electron chi connectivity index (χ1n) is 16.7. The molecule has 2 unspecified atom stereocenters. The Labute approximate surface area is 253 Å².